The molecule has 0 aliphatic rings. The first kappa shape index (κ1) is 20.1. The molecule has 1 N–H and O–H groups in total. The molecule has 1 aromatic heterocycles. The number of carbonyl (C=O) groups excluding carboxylic acids is 1. The summed E-state index contributed by atoms with van der Waals surface area (Å²) in [6.45, 7) is 0. The van der Waals surface area contributed by atoms with Crippen LogP contribution in [0.3, 0.4) is 0 Å². The van der Waals surface area contributed by atoms with Gasteiger partial charge in [-0.05, 0) is 24.3 Å². The van der Waals surface area contributed by atoms with Crippen LogP contribution in [0.1, 0.15) is 0 Å². The number of anilines is 1. The summed E-state index contributed by atoms with van der Waals surface area (Å²) < 4.78 is 1.74. The molecule has 28 heavy (non-hydrogen) atoms. The fourth-order valence-electron chi connectivity index (χ4n) is 2.35. The molecule has 2 aromatic carbocycles. The zero-order valence-electron chi connectivity index (χ0n) is 14.4. The number of nitrogens with one attached hydrogen (secondary N) is 1. The van der Waals surface area contributed by atoms with E-state index in [1.54, 1.807) is 35.9 Å². The number of aromatic nitrogens is 3. The van der Waals surface area contributed by atoms with Crippen LogP contribution in [-0.4, -0.2) is 31.3 Å². The van der Waals surface area contributed by atoms with Crippen LogP contribution in [0.25, 0.3) is 11.4 Å². The molecule has 1 amide bonds. The van der Waals surface area contributed by atoms with Gasteiger partial charge in [0.2, 0.25) is 5.91 Å². The van der Waals surface area contributed by atoms with Gasteiger partial charge in [0, 0.05) is 30.4 Å². The molecule has 3 rings (SSSR count). The topological polar surface area (TPSA) is 103 Å². The molecule has 0 unspecified atom stereocenters. The number of hydrogen-bond acceptors (Lipinski definition) is 6. The van der Waals surface area contributed by atoms with Crippen molar-refractivity contribution in [3.63, 3.8) is 0 Å². The van der Waals surface area contributed by atoms with Gasteiger partial charge in [0.05, 0.1) is 20.7 Å². The van der Waals surface area contributed by atoms with E-state index in [4.69, 9.17) is 23.2 Å². The molecular formula is C17H13Cl2N5O3S. The number of thioether (sulfide) groups is 1. The zero-order valence-corrected chi connectivity index (χ0v) is 16.8. The standard InChI is InChI=1S/C17H13Cl2N5O3S/c1-23-16(10-5-6-13(18)14(19)7-10)21-22-17(23)28-9-15(25)20-11-3-2-4-12(8-11)24(26)27/h2-8H,9H2,1H3,(H,20,25). The summed E-state index contributed by atoms with van der Waals surface area (Å²) >= 11 is 13.2. The number of nitro groups is 1. The van der Waals surface area contributed by atoms with Gasteiger partial charge in [0.25, 0.3) is 5.69 Å². The highest BCUT2D eigenvalue weighted by atomic mass is 35.5. The molecule has 1 heterocycles. The van der Waals surface area contributed by atoms with E-state index in [-0.39, 0.29) is 17.3 Å². The van der Waals surface area contributed by atoms with E-state index in [1.807, 2.05) is 0 Å². The molecule has 8 nitrogen and oxygen atoms in total. The molecule has 0 saturated carbocycles. The molecule has 144 valence electrons. The Kier molecular flexibility index (Phi) is 6.18. The minimum atomic E-state index is -0.519. The van der Waals surface area contributed by atoms with Crippen molar-refractivity contribution >= 4 is 52.2 Å². The van der Waals surface area contributed by atoms with E-state index in [1.165, 1.54) is 30.0 Å². The lowest BCUT2D eigenvalue weighted by Gasteiger charge is -2.06. The van der Waals surface area contributed by atoms with Gasteiger partial charge in [-0.2, -0.15) is 0 Å². The lowest BCUT2D eigenvalue weighted by Crippen LogP contribution is -2.14. The van der Waals surface area contributed by atoms with Crippen LogP contribution in [-0.2, 0) is 11.8 Å². The Bertz CT molecular complexity index is 1060. The highest BCUT2D eigenvalue weighted by Gasteiger charge is 2.14. The summed E-state index contributed by atoms with van der Waals surface area (Å²) in [5.41, 5.74) is 1.01. The summed E-state index contributed by atoms with van der Waals surface area (Å²) in [6, 6.07) is 10.9. The molecular weight excluding hydrogens is 425 g/mol. The maximum Gasteiger partial charge on any atom is 0.271 e. The summed E-state index contributed by atoms with van der Waals surface area (Å²) in [4.78, 5) is 22.4. The van der Waals surface area contributed by atoms with Crippen molar-refractivity contribution in [2.24, 2.45) is 7.05 Å². The van der Waals surface area contributed by atoms with Gasteiger partial charge in [-0.3, -0.25) is 14.9 Å². The maximum atomic E-state index is 12.1. The number of nitro benzene ring substituents is 1. The van der Waals surface area contributed by atoms with Crippen molar-refractivity contribution < 1.29 is 9.72 Å². The van der Waals surface area contributed by atoms with Crippen molar-refractivity contribution in [2.75, 3.05) is 11.1 Å². The molecule has 0 spiro atoms. The van der Waals surface area contributed by atoms with E-state index in [2.05, 4.69) is 15.5 Å². The lowest BCUT2D eigenvalue weighted by atomic mass is 10.2. The van der Waals surface area contributed by atoms with Crippen molar-refractivity contribution in [3.8, 4) is 11.4 Å². The largest absolute Gasteiger partial charge is 0.325 e. The molecule has 0 bridgehead atoms. The summed E-state index contributed by atoms with van der Waals surface area (Å²) in [5.74, 6) is 0.334. The van der Waals surface area contributed by atoms with Gasteiger partial charge in [-0.1, -0.05) is 41.0 Å². The summed E-state index contributed by atoms with van der Waals surface area (Å²) in [6.07, 6.45) is 0. The molecule has 0 saturated heterocycles. The van der Waals surface area contributed by atoms with E-state index < -0.39 is 4.92 Å². The fraction of sp³-hybridized carbons (Fsp3) is 0.118. The van der Waals surface area contributed by atoms with Gasteiger partial charge in [0.15, 0.2) is 11.0 Å². The van der Waals surface area contributed by atoms with Crippen LogP contribution in [0, 0.1) is 10.1 Å². The number of halogens is 2. The average Bonchev–Trinajstić information content (AvgIpc) is 3.03. The second-order valence-electron chi connectivity index (χ2n) is 5.64. The number of carbonyl (C=O) groups is 1. The van der Waals surface area contributed by atoms with Crippen molar-refractivity contribution in [1.82, 2.24) is 14.8 Å². The highest BCUT2D eigenvalue weighted by Crippen LogP contribution is 2.29. The normalized spacial score (nSPS) is 10.7. The maximum absolute atomic E-state index is 12.1. The molecule has 0 fully saturated rings. The monoisotopic (exact) mass is 437 g/mol. The molecule has 3 aromatic rings. The molecule has 11 heteroatoms. The van der Waals surface area contributed by atoms with Gasteiger partial charge in [0.1, 0.15) is 0 Å². The molecule has 0 atom stereocenters. The first-order chi connectivity index (χ1) is 13.3. The van der Waals surface area contributed by atoms with E-state index >= 15 is 0 Å². The Morgan fingerprint density at radius 3 is 2.71 bits per heavy atom. The van der Waals surface area contributed by atoms with Crippen LogP contribution in [0.15, 0.2) is 47.6 Å². The lowest BCUT2D eigenvalue weighted by molar-refractivity contribution is -0.384. The molecule has 0 radical (unpaired) electrons. The molecule has 0 aliphatic heterocycles. The van der Waals surface area contributed by atoms with Crippen LogP contribution in [0.2, 0.25) is 10.0 Å². The molecule has 0 aliphatic carbocycles. The van der Waals surface area contributed by atoms with Crippen LogP contribution < -0.4 is 5.32 Å². The Labute approximate surface area is 174 Å². The van der Waals surface area contributed by atoms with Crippen molar-refractivity contribution in [2.45, 2.75) is 5.16 Å². The number of amides is 1. The first-order valence-electron chi connectivity index (χ1n) is 7.87. The van der Waals surface area contributed by atoms with Crippen molar-refractivity contribution in [3.05, 3.63) is 62.6 Å². The first-order valence-corrected chi connectivity index (χ1v) is 9.61. The highest BCUT2D eigenvalue weighted by molar-refractivity contribution is 7.99. The smallest absolute Gasteiger partial charge is 0.271 e. The van der Waals surface area contributed by atoms with Crippen LogP contribution in [0.4, 0.5) is 11.4 Å². The number of rotatable bonds is 6. The predicted molar refractivity (Wildman–Crippen MR) is 109 cm³/mol. The third-order valence-electron chi connectivity index (χ3n) is 3.69. The van der Waals surface area contributed by atoms with E-state index in [0.29, 0.717) is 26.7 Å². The third-order valence-corrected chi connectivity index (χ3v) is 5.45. The summed E-state index contributed by atoms with van der Waals surface area (Å²) in [7, 11) is 1.78. The van der Waals surface area contributed by atoms with Gasteiger partial charge >= 0.3 is 0 Å². The van der Waals surface area contributed by atoms with E-state index in [9.17, 15) is 14.9 Å². The Balaban J connectivity index is 1.66. The summed E-state index contributed by atoms with van der Waals surface area (Å²) in [5, 5.41) is 23.0. The predicted octanol–water partition coefficient (Wildman–Crippen LogP) is 4.43. The second-order valence-corrected chi connectivity index (χ2v) is 7.40. The van der Waals surface area contributed by atoms with Gasteiger partial charge in [-0.15, -0.1) is 10.2 Å². The number of non-ortho nitro benzene ring substituents is 1. The van der Waals surface area contributed by atoms with E-state index in [0.717, 1.165) is 5.56 Å². The van der Waals surface area contributed by atoms with Crippen LogP contribution >= 0.6 is 35.0 Å². The minimum Gasteiger partial charge on any atom is -0.325 e. The second kappa shape index (κ2) is 8.59. The Morgan fingerprint density at radius 2 is 2.00 bits per heavy atom. The Hall–Kier alpha value is -2.62. The third kappa shape index (κ3) is 4.61. The number of benzene rings is 2. The number of hydrogen-bond donors (Lipinski definition) is 1. The van der Waals surface area contributed by atoms with Crippen molar-refractivity contribution in [1.29, 1.82) is 0 Å². The quantitative estimate of drug-likeness (QED) is 0.347. The SMILES string of the molecule is Cn1c(SCC(=O)Nc2cccc([N+](=O)[O-])c2)nnc1-c1ccc(Cl)c(Cl)c1. The fourth-order valence-corrected chi connectivity index (χ4v) is 3.36. The van der Waals surface area contributed by atoms with Crippen LogP contribution in [0.5, 0.6) is 0 Å². The minimum absolute atomic E-state index is 0.0655. The average molecular weight is 438 g/mol. The van der Waals surface area contributed by atoms with Gasteiger partial charge in [-0.25, -0.2) is 0 Å². The Morgan fingerprint density at radius 1 is 1.21 bits per heavy atom. The number of nitrogens with zero attached hydrogens (tertiary/aromatic N) is 4. The zero-order chi connectivity index (χ0) is 20.3. The van der Waals surface area contributed by atoms with Gasteiger partial charge < -0.3 is 9.88 Å².